The van der Waals surface area contributed by atoms with Crippen LogP contribution in [0, 0.1) is 0 Å². The molecule has 1 N–H and O–H groups in total. The number of nitrogens with one attached hydrogen (secondary N) is 1. The summed E-state index contributed by atoms with van der Waals surface area (Å²) in [6.45, 7) is 6.23. The number of ether oxygens (including phenoxy) is 1. The number of thiophene rings is 1. The monoisotopic (exact) mass is 346 g/mol. The van der Waals surface area contributed by atoms with Crippen LogP contribution in [0.15, 0.2) is 15.9 Å². The SMILES string of the molecule is CC(CNCC1CCCO1)N(C)Cc1cc(Br)cs1. The molecule has 2 heterocycles. The first kappa shape index (κ1) is 15.4. The molecule has 0 aromatic carbocycles. The molecule has 1 fully saturated rings. The van der Waals surface area contributed by atoms with Gasteiger partial charge in [0.2, 0.25) is 0 Å². The van der Waals surface area contributed by atoms with Gasteiger partial charge in [-0.2, -0.15) is 0 Å². The Balaban J connectivity index is 1.65. The van der Waals surface area contributed by atoms with Gasteiger partial charge in [0, 0.05) is 47.0 Å². The van der Waals surface area contributed by atoms with E-state index < -0.39 is 0 Å². The summed E-state index contributed by atoms with van der Waals surface area (Å²) in [7, 11) is 2.19. The van der Waals surface area contributed by atoms with Crippen molar-refractivity contribution in [3.63, 3.8) is 0 Å². The van der Waals surface area contributed by atoms with E-state index >= 15 is 0 Å². The fourth-order valence-corrected chi connectivity index (χ4v) is 3.77. The number of rotatable bonds is 7. The first-order valence-corrected chi connectivity index (χ1v) is 8.58. The van der Waals surface area contributed by atoms with E-state index in [0.29, 0.717) is 12.1 Å². The molecule has 19 heavy (non-hydrogen) atoms. The van der Waals surface area contributed by atoms with Crippen LogP contribution in [-0.2, 0) is 11.3 Å². The topological polar surface area (TPSA) is 24.5 Å². The maximum atomic E-state index is 5.61. The molecule has 2 unspecified atom stereocenters. The predicted octanol–water partition coefficient (Wildman–Crippen LogP) is 3.10. The van der Waals surface area contributed by atoms with E-state index in [0.717, 1.165) is 26.2 Å². The lowest BCUT2D eigenvalue weighted by Crippen LogP contribution is -2.39. The Morgan fingerprint density at radius 1 is 1.63 bits per heavy atom. The summed E-state index contributed by atoms with van der Waals surface area (Å²) < 4.78 is 6.80. The van der Waals surface area contributed by atoms with E-state index in [1.807, 2.05) is 11.3 Å². The maximum Gasteiger partial charge on any atom is 0.0700 e. The maximum absolute atomic E-state index is 5.61. The van der Waals surface area contributed by atoms with Crippen molar-refractivity contribution >= 4 is 27.3 Å². The molecule has 108 valence electrons. The number of likely N-dealkylation sites (N-methyl/N-ethyl adjacent to an activating group) is 1. The number of nitrogens with zero attached hydrogens (tertiary/aromatic N) is 1. The molecule has 1 saturated heterocycles. The highest BCUT2D eigenvalue weighted by atomic mass is 79.9. The van der Waals surface area contributed by atoms with E-state index in [4.69, 9.17) is 4.74 Å². The first-order valence-electron chi connectivity index (χ1n) is 6.90. The lowest BCUT2D eigenvalue weighted by molar-refractivity contribution is 0.108. The highest BCUT2D eigenvalue weighted by Crippen LogP contribution is 2.21. The van der Waals surface area contributed by atoms with E-state index in [9.17, 15) is 0 Å². The minimum Gasteiger partial charge on any atom is -0.377 e. The van der Waals surface area contributed by atoms with Crippen LogP contribution < -0.4 is 5.32 Å². The summed E-state index contributed by atoms with van der Waals surface area (Å²) in [4.78, 5) is 3.79. The molecule has 0 radical (unpaired) electrons. The third-order valence-corrected chi connectivity index (χ3v) is 5.30. The van der Waals surface area contributed by atoms with Crippen molar-refractivity contribution in [3.05, 3.63) is 20.8 Å². The molecule has 1 aromatic heterocycles. The van der Waals surface area contributed by atoms with Crippen LogP contribution in [-0.4, -0.2) is 43.8 Å². The fourth-order valence-electron chi connectivity index (χ4n) is 2.25. The lowest BCUT2D eigenvalue weighted by atomic mass is 10.2. The third-order valence-electron chi connectivity index (χ3n) is 3.62. The average molecular weight is 347 g/mol. The number of hydrogen-bond donors (Lipinski definition) is 1. The molecule has 0 bridgehead atoms. The molecule has 2 atom stereocenters. The normalized spacial score (nSPS) is 21.2. The molecule has 1 aliphatic heterocycles. The minimum absolute atomic E-state index is 0.436. The van der Waals surface area contributed by atoms with Crippen LogP contribution in [0.1, 0.15) is 24.6 Å². The van der Waals surface area contributed by atoms with Crippen molar-refractivity contribution < 1.29 is 4.74 Å². The molecule has 0 amide bonds. The summed E-state index contributed by atoms with van der Waals surface area (Å²) in [6.07, 6.45) is 2.86. The van der Waals surface area contributed by atoms with Gasteiger partial charge in [-0.15, -0.1) is 11.3 Å². The Hall–Kier alpha value is 0.0600. The van der Waals surface area contributed by atoms with Gasteiger partial charge in [-0.25, -0.2) is 0 Å². The molecule has 1 aliphatic rings. The number of halogens is 1. The Bertz CT molecular complexity index is 379. The Labute approximate surface area is 128 Å². The summed E-state index contributed by atoms with van der Waals surface area (Å²) in [5.74, 6) is 0. The van der Waals surface area contributed by atoms with Gasteiger partial charge in [0.15, 0.2) is 0 Å². The van der Waals surface area contributed by atoms with Gasteiger partial charge < -0.3 is 10.1 Å². The molecular weight excluding hydrogens is 324 g/mol. The molecule has 5 heteroatoms. The summed E-state index contributed by atoms with van der Waals surface area (Å²) in [6, 6.07) is 2.73. The van der Waals surface area contributed by atoms with Gasteiger partial charge in [0.1, 0.15) is 0 Å². The van der Waals surface area contributed by atoms with Crippen molar-refractivity contribution in [2.24, 2.45) is 0 Å². The second kappa shape index (κ2) is 7.74. The molecule has 3 nitrogen and oxygen atoms in total. The van der Waals surface area contributed by atoms with Gasteiger partial charge in [0.25, 0.3) is 0 Å². The smallest absolute Gasteiger partial charge is 0.0700 e. The van der Waals surface area contributed by atoms with Crippen molar-refractivity contribution in [3.8, 4) is 0 Å². The summed E-state index contributed by atoms with van der Waals surface area (Å²) in [5.41, 5.74) is 0. The second-order valence-corrected chi connectivity index (χ2v) is 7.20. The molecule has 0 spiro atoms. The summed E-state index contributed by atoms with van der Waals surface area (Å²) in [5, 5.41) is 5.67. The second-order valence-electron chi connectivity index (χ2n) is 5.29. The zero-order chi connectivity index (χ0) is 13.7. The molecule has 1 aromatic rings. The largest absolute Gasteiger partial charge is 0.377 e. The van der Waals surface area contributed by atoms with Crippen molar-refractivity contribution in [2.75, 3.05) is 26.7 Å². The standard InChI is InChI=1S/C14H23BrN2OS/c1-11(7-16-8-13-4-3-5-18-13)17(2)9-14-6-12(15)10-19-14/h6,10-11,13,16H,3-5,7-9H2,1-2H3. The van der Waals surface area contributed by atoms with Crippen LogP contribution in [0.2, 0.25) is 0 Å². The zero-order valence-corrected chi connectivity index (χ0v) is 14.1. The molecule has 0 aliphatic carbocycles. The molecular formula is C14H23BrN2OS. The van der Waals surface area contributed by atoms with Crippen LogP contribution in [0.4, 0.5) is 0 Å². The van der Waals surface area contributed by atoms with Gasteiger partial charge in [-0.3, -0.25) is 4.90 Å². The van der Waals surface area contributed by atoms with Crippen molar-refractivity contribution in [1.29, 1.82) is 0 Å². The average Bonchev–Trinajstić information content (AvgIpc) is 3.01. The van der Waals surface area contributed by atoms with E-state index in [-0.39, 0.29) is 0 Å². The Kier molecular flexibility index (Phi) is 6.29. The Morgan fingerprint density at radius 3 is 3.11 bits per heavy atom. The molecule has 2 rings (SSSR count). The molecule has 0 saturated carbocycles. The van der Waals surface area contributed by atoms with E-state index in [1.54, 1.807) is 0 Å². The number of hydrogen-bond acceptors (Lipinski definition) is 4. The first-order chi connectivity index (χ1) is 9.15. The van der Waals surface area contributed by atoms with Gasteiger partial charge >= 0.3 is 0 Å². The highest BCUT2D eigenvalue weighted by molar-refractivity contribution is 9.10. The van der Waals surface area contributed by atoms with Gasteiger partial charge in [-0.1, -0.05) is 0 Å². The van der Waals surface area contributed by atoms with Crippen LogP contribution in [0.5, 0.6) is 0 Å². The van der Waals surface area contributed by atoms with E-state index in [2.05, 4.69) is 51.6 Å². The van der Waals surface area contributed by atoms with Crippen LogP contribution in [0.3, 0.4) is 0 Å². The van der Waals surface area contributed by atoms with Crippen molar-refractivity contribution in [2.45, 2.75) is 38.5 Å². The predicted molar refractivity (Wildman–Crippen MR) is 84.8 cm³/mol. The van der Waals surface area contributed by atoms with Crippen LogP contribution in [0.25, 0.3) is 0 Å². The Morgan fingerprint density at radius 2 is 2.47 bits per heavy atom. The lowest BCUT2D eigenvalue weighted by Gasteiger charge is -2.25. The highest BCUT2D eigenvalue weighted by Gasteiger charge is 2.16. The van der Waals surface area contributed by atoms with Crippen molar-refractivity contribution in [1.82, 2.24) is 10.2 Å². The van der Waals surface area contributed by atoms with Gasteiger partial charge in [0.05, 0.1) is 6.10 Å². The van der Waals surface area contributed by atoms with Crippen LogP contribution >= 0.6 is 27.3 Å². The summed E-state index contributed by atoms with van der Waals surface area (Å²) >= 11 is 5.31. The van der Waals surface area contributed by atoms with Gasteiger partial charge in [-0.05, 0) is 48.8 Å². The quantitative estimate of drug-likeness (QED) is 0.820. The van der Waals surface area contributed by atoms with E-state index in [1.165, 1.54) is 22.2 Å². The zero-order valence-electron chi connectivity index (χ0n) is 11.7. The minimum atomic E-state index is 0.436. The third kappa shape index (κ3) is 5.16. The fraction of sp³-hybridized carbons (Fsp3) is 0.714.